The van der Waals surface area contributed by atoms with Crippen LogP contribution in [-0.4, -0.2) is 30.4 Å². The second kappa shape index (κ2) is 8.18. The third-order valence-electron chi connectivity index (χ3n) is 3.40. The van der Waals surface area contributed by atoms with Crippen molar-refractivity contribution in [2.24, 2.45) is 0 Å². The van der Waals surface area contributed by atoms with E-state index in [4.69, 9.17) is 4.74 Å². The van der Waals surface area contributed by atoms with E-state index in [1.54, 1.807) is 0 Å². The van der Waals surface area contributed by atoms with Gasteiger partial charge in [-0.05, 0) is 43.9 Å². The zero-order valence-electron chi connectivity index (χ0n) is 12.6. The number of aryl methyl sites for hydroxylation is 2. The molecule has 1 atom stereocenters. The average Bonchev–Trinajstić information content (AvgIpc) is 2.41. The highest BCUT2D eigenvalue weighted by atomic mass is 16.5. The van der Waals surface area contributed by atoms with E-state index in [9.17, 15) is 5.11 Å². The van der Waals surface area contributed by atoms with Crippen LogP contribution in [0.2, 0.25) is 0 Å². The van der Waals surface area contributed by atoms with Crippen LogP contribution in [0.4, 0.5) is 0 Å². The lowest BCUT2D eigenvalue weighted by atomic mass is 10.1. The summed E-state index contributed by atoms with van der Waals surface area (Å²) >= 11 is 0. The molecule has 1 rings (SSSR count). The minimum absolute atomic E-state index is 0.331. The van der Waals surface area contributed by atoms with Gasteiger partial charge in [0.1, 0.15) is 18.5 Å². The van der Waals surface area contributed by atoms with E-state index < -0.39 is 6.10 Å². The molecule has 0 radical (unpaired) electrons. The van der Waals surface area contributed by atoms with E-state index in [1.807, 2.05) is 26.0 Å². The summed E-state index contributed by atoms with van der Waals surface area (Å²) in [6, 6.07) is 6.60. The average molecular weight is 265 g/mol. The Balaban J connectivity index is 2.37. The quantitative estimate of drug-likeness (QED) is 0.759. The summed E-state index contributed by atoms with van der Waals surface area (Å²) in [5.41, 5.74) is 2.27. The summed E-state index contributed by atoms with van der Waals surface area (Å²) in [6.45, 7) is 9.27. The number of benzene rings is 1. The van der Waals surface area contributed by atoms with E-state index in [2.05, 4.69) is 25.2 Å². The lowest BCUT2D eigenvalue weighted by molar-refractivity contribution is 0.103. The van der Waals surface area contributed by atoms with Crippen LogP contribution in [0.3, 0.4) is 0 Å². The van der Waals surface area contributed by atoms with Gasteiger partial charge in [-0.2, -0.15) is 0 Å². The smallest absolute Gasteiger partial charge is 0.122 e. The lowest BCUT2D eigenvalue weighted by Crippen LogP contribution is -2.37. The zero-order valence-corrected chi connectivity index (χ0v) is 12.6. The molecule has 0 spiro atoms. The molecule has 0 aromatic heterocycles. The van der Waals surface area contributed by atoms with Crippen LogP contribution in [0, 0.1) is 13.8 Å². The minimum Gasteiger partial charge on any atom is -0.491 e. The first kappa shape index (κ1) is 16.0. The topological polar surface area (TPSA) is 41.5 Å². The fourth-order valence-corrected chi connectivity index (χ4v) is 1.99. The van der Waals surface area contributed by atoms with E-state index in [0.29, 0.717) is 19.2 Å². The Labute approximate surface area is 117 Å². The van der Waals surface area contributed by atoms with Crippen molar-refractivity contribution in [3.63, 3.8) is 0 Å². The summed E-state index contributed by atoms with van der Waals surface area (Å²) in [5, 5.41) is 13.3. The van der Waals surface area contributed by atoms with Crippen molar-refractivity contribution in [1.29, 1.82) is 0 Å². The Morgan fingerprint density at radius 3 is 2.53 bits per heavy atom. The van der Waals surface area contributed by atoms with Gasteiger partial charge in [0, 0.05) is 12.6 Å². The van der Waals surface area contributed by atoms with Crippen molar-refractivity contribution < 1.29 is 9.84 Å². The fourth-order valence-electron chi connectivity index (χ4n) is 1.99. The molecule has 3 nitrogen and oxygen atoms in total. The normalized spacial score (nSPS) is 12.7. The number of aliphatic hydroxyl groups excluding tert-OH is 1. The summed E-state index contributed by atoms with van der Waals surface area (Å²) in [5.74, 6) is 0.863. The Morgan fingerprint density at radius 2 is 1.89 bits per heavy atom. The Kier molecular flexibility index (Phi) is 6.89. The number of ether oxygens (including phenoxy) is 1. The molecule has 1 aromatic carbocycles. The first-order chi connectivity index (χ1) is 9.06. The SMILES string of the molecule is CCC(CC)NCC(O)COc1cc(C)ccc1C. The van der Waals surface area contributed by atoms with Gasteiger partial charge in [0.05, 0.1) is 0 Å². The molecule has 0 aliphatic carbocycles. The summed E-state index contributed by atoms with van der Waals surface area (Å²) in [4.78, 5) is 0. The fraction of sp³-hybridized carbons (Fsp3) is 0.625. The van der Waals surface area contributed by atoms with Gasteiger partial charge in [-0.15, -0.1) is 0 Å². The second-order valence-electron chi connectivity index (χ2n) is 5.16. The minimum atomic E-state index is -0.472. The highest BCUT2D eigenvalue weighted by Gasteiger charge is 2.09. The lowest BCUT2D eigenvalue weighted by Gasteiger charge is -2.19. The van der Waals surface area contributed by atoms with E-state index >= 15 is 0 Å². The second-order valence-corrected chi connectivity index (χ2v) is 5.16. The van der Waals surface area contributed by atoms with Crippen LogP contribution in [0.5, 0.6) is 5.75 Å². The number of aliphatic hydroxyl groups is 1. The molecule has 0 aliphatic heterocycles. The Bertz CT molecular complexity index is 375. The van der Waals surface area contributed by atoms with Crippen LogP contribution >= 0.6 is 0 Å². The van der Waals surface area contributed by atoms with E-state index in [-0.39, 0.29) is 0 Å². The molecule has 3 heteroatoms. The van der Waals surface area contributed by atoms with Gasteiger partial charge in [0.25, 0.3) is 0 Å². The zero-order chi connectivity index (χ0) is 14.3. The van der Waals surface area contributed by atoms with Crippen LogP contribution in [0.15, 0.2) is 18.2 Å². The van der Waals surface area contributed by atoms with Gasteiger partial charge in [0.15, 0.2) is 0 Å². The van der Waals surface area contributed by atoms with Crippen molar-refractivity contribution >= 4 is 0 Å². The van der Waals surface area contributed by atoms with Gasteiger partial charge in [0.2, 0.25) is 0 Å². The van der Waals surface area contributed by atoms with E-state index in [0.717, 1.165) is 24.2 Å². The van der Waals surface area contributed by atoms with Crippen LogP contribution < -0.4 is 10.1 Å². The number of hydrogen-bond acceptors (Lipinski definition) is 3. The third-order valence-corrected chi connectivity index (χ3v) is 3.40. The monoisotopic (exact) mass is 265 g/mol. The highest BCUT2D eigenvalue weighted by molar-refractivity contribution is 5.35. The molecule has 0 saturated heterocycles. The third kappa shape index (κ3) is 5.62. The van der Waals surface area contributed by atoms with Gasteiger partial charge in [-0.25, -0.2) is 0 Å². The molecule has 2 N–H and O–H groups in total. The standard InChI is InChI=1S/C16H27NO2/c1-5-14(6-2)17-10-15(18)11-19-16-9-12(3)7-8-13(16)4/h7-9,14-15,17-18H,5-6,10-11H2,1-4H3. The number of rotatable bonds is 8. The maximum atomic E-state index is 9.92. The van der Waals surface area contributed by atoms with Crippen molar-refractivity contribution in [2.75, 3.05) is 13.2 Å². The molecule has 0 amide bonds. The maximum Gasteiger partial charge on any atom is 0.122 e. The summed E-state index contributed by atoms with van der Waals surface area (Å²) in [7, 11) is 0. The van der Waals surface area contributed by atoms with Crippen molar-refractivity contribution in [3.05, 3.63) is 29.3 Å². The van der Waals surface area contributed by atoms with Crippen LogP contribution in [0.25, 0.3) is 0 Å². The molecular weight excluding hydrogens is 238 g/mol. The molecule has 0 heterocycles. The largest absolute Gasteiger partial charge is 0.491 e. The first-order valence-electron chi connectivity index (χ1n) is 7.18. The predicted octanol–water partition coefficient (Wildman–Crippen LogP) is 2.82. The van der Waals surface area contributed by atoms with Gasteiger partial charge < -0.3 is 15.2 Å². The summed E-state index contributed by atoms with van der Waals surface area (Å²) in [6.07, 6.45) is 1.70. The molecular formula is C16H27NO2. The first-order valence-corrected chi connectivity index (χ1v) is 7.18. The Hall–Kier alpha value is -1.06. The highest BCUT2D eigenvalue weighted by Crippen LogP contribution is 2.19. The molecule has 1 unspecified atom stereocenters. The van der Waals surface area contributed by atoms with Crippen LogP contribution in [-0.2, 0) is 0 Å². The van der Waals surface area contributed by atoms with Crippen molar-refractivity contribution in [2.45, 2.75) is 52.7 Å². The molecule has 0 bridgehead atoms. The Morgan fingerprint density at radius 1 is 1.21 bits per heavy atom. The van der Waals surface area contributed by atoms with Gasteiger partial charge >= 0.3 is 0 Å². The molecule has 0 aliphatic rings. The summed E-state index contributed by atoms with van der Waals surface area (Å²) < 4.78 is 5.69. The van der Waals surface area contributed by atoms with Crippen molar-refractivity contribution in [3.8, 4) is 5.75 Å². The van der Waals surface area contributed by atoms with Gasteiger partial charge in [-0.1, -0.05) is 26.0 Å². The van der Waals surface area contributed by atoms with Crippen molar-refractivity contribution in [1.82, 2.24) is 5.32 Å². The molecule has 0 fully saturated rings. The van der Waals surface area contributed by atoms with Gasteiger partial charge in [-0.3, -0.25) is 0 Å². The van der Waals surface area contributed by atoms with E-state index in [1.165, 1.54) is 5.56 Å². The maximum absolute atomic E-state index is 9.92. The molecule has 0 saturated carbocycles. The molecule has 19 heavy (non-hydrogen) atoms. The number of hydrogen-bond donors (Lipinski definition) is 2. The molecule has 108 valence electrons. The predicted molar refractivity (Wildman–Crippen MR) is 79.8 cm³/mol. The molecule has 1 aromatic rings. The number of nitrogens with one attached hydrogen (secondary N) is 1. The van der Waals surface area contributed by atoms with Crippen LogP contribution in [0.1, 0.15) is 37.8 Å².